The molecule has 0 aromatic heterocycles. The maximum Gasteiger partial charge on any atom is 0.261 e. The second kappa shape index (κ2) is 11.3. The van der Waals surface area contributed by atoms with Crippen LogP contribution in [0.2, 0.25) is 0 Å². The van der Waals surface area contributed by atoms with Gasteiger partial charge in [-0.15, -0.1) is 0 Å². The number of halogens is 1. The highest BCUT2D eigenvalue weighted by Gasteiger charge is 2.26. The number of nitrogens with zero attached hydrogens (tertiary/aromatic N) is 1. The highest BCUT2D eigenvalue weighted by atomic mass is 32.2. The van der Waals surface area contributed by atoms with Crippen molar-refractivity contribution in [2.24, 2.45) is 0 Å². The molecule has 2 N–H and O–H groups in total. The van der Waals surface area contributed by atoms with Crippen molar-refractivity contribution in [3.63, 3.8) is 0 Å². The summed E-state index contributed by atoms with van der Waals surface area (Å²) in [6.07, 6.45) is 1.73. The van der Waals surface area contributed by atoms with E-state index in [0.717, 1.165) is 30.5 Å². The molecular weight excluding hydrogens is 521 g/mol. The molecule has 3 aromatic rings. The molecule has 0 saturated carbocycles. The maximum absolute atomic E-state index is 13.0. The Balaban J connectivity index is 1.25. The van der Waals surface area contributed by atoms with Crippen LogP contribution in [0.25, 0.3) is 0 Å². The molecule has 0 atom stereocenters. The molecule has 1 aliphatic rings. The largest absolute Gasteiger partial charge is 0.484 e. The number of sulfonamides is 2. The summed E-state index contributed by atoms with van der Waals surface area (Å²) in [5.41, 5.74) is 0.957. The lowest BCUT2D eigenvalue weighted by Gasteiger charge is -2.15. The molecule has 0 radical (unpaired) electrons. The fraction of sp³-hybridized carbons (Fsp3) is 0.240. The molecule has 1 heterocycles. The standard InChI is InChI=1S/C25H26FN3O6S2/c26-20-5-7-21(8-6-20)28-36(31,32)23-13-9-22(10-14-23)35-18-25(30)27-17-19-3-11-24(12-4-19)37(33,34)29-15-1-2-16-29/h3-14,28H,1-2,15-18H2,(H,27,30). The number of hydrogen-bond acceptors (Lipinski definition) is 6. The first-order valence-electron chi connectivity index (χ1n) is 11.5. The number of benzene rings is 3. The second-order valence-electron chi connectivity index (χ2n) is 8.40. The zero-order chi connectivity index (χ0) is 26.5. The maximum atomic E-state index is 13.0. The van der Waals surface area contributed by atoms with Crippen LogP contribution in [-0.4, -0.2) is 46.7 Å². The molecule has 0 spiro atoms. The van der Waals surface area contributed by atoms with Crippen molar-refractivity contribution in [3.05, 3.63) is 84.2 Å². The predicted molar refractivity (Wildman–Crippen MR) is 135 cm³/mol. The summed E-state index contributed by atoms with van der Waals surface area (Å²) in [6.45, 7) is 0.969. The molecule has 37 heavy (non-hydrogen) atoms. The number of carbonyl (C=O) groups excluding carboxylic acids is 1. The number of rotatable bonds is 10. The molecular formula is C25H26FN3O6S2. The van der Waals surface area contributed by atoms with Crippen LogP contribution in [0.15, 0.2) is 82.6 Å². The zero-order valence-corrected chi connectivity index (χ0v) is 21.4. The molecule has 0 bridgehead atoms. The molecule has 1 saturated heterocycles. The minimum Gasteiger partial charge on any atom is -0.484 e. The summed E-state index contributed by atoms with van der Waals surface area (Å²) in [5, 5.41) is 2.69. The summed E-state index contributed by atoms with van der Waals surface area (Å²) in [4.78, 5) is 12.4. The van der Waals surface area contributed by atoms with Gasteiger partial charge in [-0.05, 0) is 79.1 Å². The lowest BCUT2D eigenvalue weighted by molar-refractivity contribution is -0.123. The van der Waals surface area contributed by atoms with E-state index in [1.54, 1.807) is 12.1 Å². The Hall–Kier alpha value is -3.48. The van der Waals surface area contributed by atoms with E-state index in [4.69, 9.17) is 4.74 Å². The third-order valence-corrected chi connectivity index (χ3v) is 9.03. The first-order valence-corrected chi connectivity index (χ1v) is 14.4. The van der Waals surface area contributed by atoms with Crippen molar-refractivity contribution in [2.45, 2.75) is 29.2 Å². The van der Waals surface area contributed by atoms with Gasteiger partial charge < -0.3 is 10.1 Å². The van der Waals surface area contributed by atoms with E-state index in [1.807, 2.05) is 0 Å². The van der Waals surface area contributed by atoms with E-state index in [1.165, 1.54) is 52.8 Å². The Morgan fingerprint density at radius 1 is 0.838 bits per heavy atom. The first kappa shape index (κ1) is 26.6. The molecule has 12 heteroatoms. The van der Waals surface area contributed by atoms with E-state index in [2.05, 4.69) is 10.0 Å². The van der Waals surface area contributed by atoms with Crippen LogP contribution >= 0.6 is 0 Å². The van der Waals surface area contributed by atoms with Gasteiger partial charge in [-0.2, -0.15) is 4.31 Å². The normalized spacial score (nSPS) is 14.3. The van der Waals surface area contributed by atoms with Gasteiger partial charge in [0.1, 0.15) is 11.6 Å². The monoisotopic (exact) mass is 547 g/mol. The van der Waals surface area contributed by atoms with Crippen molar-refractivity contribution >= 4 is 31.6 Å². The van der Waals surface area contributed by atoms with Crippen molar-refractivity contribution in [2.75, 3.05) is 24.4 Å². The van der Waals surface area contributed by atoms with E-state index >= 15 is 0 Å². The third kappa shape index (κ3) is 6.85. The molecule has 9 nitrogen and oxygen atoms in total. The third-order valence-electron chi connectivity index (χ3n) is 5.72. The highest BCUT2D eigenvalue weighted by molar-refractivity contribution is 7.92. The summed E-state index contributed by atoms with van der Waals surface area (Å²) >= 11 is 0. The van der Waals surface area contributed by atoms with E-state index in [-0.39, 0.29) is 28.6 Å². The van der Waals surface area contributed by atoms with Crippen LogP contribution in [0.5, 0.6) is 5.75 Å². The van der Waals surface area contributed by atoms with E-state index in [0.29, 0.717) is 18.8 Å². The Kier molecular flexibility index (Phi) is 8.10. The van der Waals surface area contributed by atoms with Gasteiger partial charge in [0.25, 0.3) is 15.9 Å². The quantitative estimate of drug-likeness (QED) is 0.402. The SMILES string of the molecule is O=C(COc1ccc(S(=O)(=O)Nc2ccc(F)cc2)cc1)NCc1ccc(S(=O)(=O)N2CCCC2)cc1. The smallest absolute Gasteiger partial charge is 0.261 e. The van der Waals surface area contributed by atoms with Gasteiger partial charge in [-0.1, -0.05) is 12.1 Å². The number of ether oxygens (including phenoxy) is 1. The lowest BCUT2D eigenvalue weighted by atomic mass is 10.2. The molecule has 0 unspecified atom stereocenters. The van der Waals surface area contributed by atoms with Crippen LogP contribution in [0.1, 0.15) is 18.4 Å². The zero-order valence-electron chi connectivity index (χ0n) is 19.8. The molecule has 1 amide bonds. The molecule has 0 aliphatic carbocycles. The van der Waals surface area contributed by atoms with Gasteiger partial charge in [0.05, 0.1) is 9.79 Å². The lowest BCUT2D eigenvalue weighted by Crippen LogP contribution is -2.29. The molecule has 4 rings (SSSR count). The van der Waals surface area contributed by atoms with Crippen molar-refractivity contribution < 1.29 is 30.8 Å². The summed E-state index contributed by atoms with van der Waals surface area (Å²) < 4.78 is 72.4. The van der Waals surface area contributed by atoms with Gasteiger partial charge in [0.2, 0.25) is 10.0 Å². The van der Waals surface area contributed by atoms with Gasteiger partial charge in [0.15, 0.2) is 6.61 Å². The fourth-order valence-corrected chi connectivity index (χ4v) is 6.28. The minimum absolute atomic E-state index is 0.0242. The highest BCUT2D eigenvalue weighted by Crippen LogP contribution is 2.22. The first-order chi connectivity index (χ1) is 17.6. The van der Waals surface area contributed by atoms with Gasteiger partial charge >= 0.3 is 0 Å². The summed E-state index contributed by atoms with van der Waals surface area (Å²) in [6, 6.07) is 16.8. The molecule has 1 aliphatic heterocycles. The van der Waals surface area contributed by atoms with Crippen molar-refractivity contribution in [1.82, 2.24) is 9.62 Å². The van der Waals surface area contributed by atoms with E-state index in [9.17, 15) is 26.0 Å². The number of nitrogens with one attached hydrogen (secondary N) is 2. The topological polar surface area (TPSA) is 122 Å². The van der Waals surface area contributed by atoms with Crippen LogP contribution < -0.4 is 14.8 Å². The van der Waals surface area contributed by atoms with E-state index < -0.39 is 31.8 Å². The molecule has 3 aromatic carbocycles. The molecule has 196 valence electrons. The number of anilines is 1. The van der Waals surface area contributed by atoms with Crippen molar-refractivity contribution in [3.8, 4) is 5.75 Å². The molecule has 1 fully saturated rings. The second-order valence-corrected chi connectivity index (χ2v) is 12.0. The Labute approximate surface area is 215 Å². The van der Waals surface area contributed by atoms with Crippen LogP contribution in [0.4, 0.5) is 10.1 Å². The van der Waals surface area contributed by atoms with Crippen LogP contribution in [0, 0.1) is 5.82 Å². The average Bonchev–Trinajstić information content (AvgIpc) is 3.44. The Morgan fingerprint density at radius 3 is 2.05 bits per heavy atom. The summed E-state index contributed by atoms with van der Waals surface area (Å²) in [7, 11) is -7.36. The fourth-order valence-electron chi connectivity index (χ4n) is 3.70. The minimum atomic E-state index is -3.88. The number of amides is 1. The predicted octanol–water partition coefficient (Wildman–Crippen LogP) is 3.11. The van der Waals surface area contributed by atoms with Crippen molar-refractivity contribution in [1.29, 1.82) is 0 Å². The van der Waals surface area contributed by atoms with Gasteiger partial charge in [0, 0.05) is 25.3 Å². The van der Waals surface area contributed by atoms with Gasteiger partial charge in [-0.3, -0.25) is 9.52 Å². The van der Waals surface area contributed by atoms with Crippen LogP contribution in [-0.2, 0) is 31.4 Å². The van der Waals surface area contributed by atoms with Gasteiger partial charge in [-0.25, -0.2) is 21.2 Å². The average molecular weight is 548 g/mol. The Morgan fingerprint density at radius 2 is 1.43 bits per heavy atom. The van der Waals surface area contributed by atoms with Crippen LogP contribution in [0.3, 0.4) is 0 Å². The number of hydrogen-bond donors (Lipinski definition) is 2. The summed E-state index contributed by atoms with van der Waals surface area (Å²) in [5.74, 6) is -0.578. The number of carbonyl (C=O) groups is 1. The Bertz CT molecular complexity index is 1440.